The van der Waals surface area contributed by atoms with Crippen molar-refractivity contribution in [3.63, 3.8) is 0 Å². The normalized spacial score (nSPS) is 11.0. The lowest BCUT2D eigenvalue weighted by Crippen LogP contribution is -1.99. The van der Waals surface area contributed by atoms with Crippen LogP contribution in [-0.2, 0) is 6.54 Å². The predicted molar refractivity (Wildman–Crippen MR) is 88.1 cm³/mol. The molecule has 0 bridgehead atoms. The van der Waals surface area contributed by atoms with Crippen molar-refractivity contribution >= 4 is 33.5 Å². The van der Waals surface area contributed by atoms with E-state index in [4.69, 9.17) is 11.6 Å². The molecule has 0 aliphatic rings. The predicted octanol–water partition coefficient (Wildman–Crippen LogP) is 3.55. The number of aromatic nitrogens is 4. The average Bonchev–Trinajstić information content (AvgIpc) is 2.92. The van der Waals surface area contributed by atoms with Crippen LogP contribution in [0.15, 0.2) is 49.2 Å². The first-order valence-corrected chi connectivity index (χ1v) is 7.35. The Morgan fingerprint density at radius 2 is 2.09 bits per heavy atom. The molecule has 4 rings (SSSR count). The van der Waals surface area contributed by atoms with Gasteiger partial charge in [-0.15, -0.1) is 0 Å². The van der Waals surface area contributed by atoms with Crippen LogP contribution in [-0.4, -0.2) is 19.5 Å². The average molecular weight is 320 g/mol. The lowest BCUT2D eigenvalue weighted by Gasteiger charge is -2.06. The van der Waals surface area contributed by atoms with E-state index in [1.807, 2.05) is 28.8 Å². The summed E-state index contributed by atoms with van der Waals surface area (Å²) >= 11 is 6.01. The third kappa shape index (κ3) is 2.39. The van der Waals surface area contributed by atoms with Crippen LogP contribution in [0.5, 0.6) is 0 Å². The van der Waals surface area contributed by atoms with E-state index in [2.05, 4.69) is 21.0 Å². The van der Waals surface area contributed by atoms with Crippen molar-refractivity contribution in [1.82, 2.24) is 19.5 Å². The molecular weight excluding hydrogens is 310 g/mol. The highest BCUT2D eigenvalue weighted by atomic mass is 35.5. The Hall–Kier alpha value is -2.97. The molecular formula is C17H10ClN5. The van der Waals surface area contributed by atoms with Gasteiger partial charge < -0.3 is 4.57 Å². The van der Waals surface area contributed by atoms with Gasteiger partial charge in [0.25, 0.3) is 0 Å². The highest BCUT2D eigenvalue weighted by molar-refractivity contribution is 6.31. The highest BCUT2D eigenvalue weighted by Gasteiger charge is 2.10. The van der Waals surface area contributed by atoms with Crippen LogP contribution in [0.1, 0.15) is 11.1 Å². The van der Waals surface area contributed by atoms with Crippen LogP contribution in [0.4, 0.5) is 0 Å². The van der Waals surface area contributed by atoms with Crippen LogP contribution >= 0.6 is 11.6 Å². The molecule has 0 spiro atoms. The molecule has 0 radical (unpaired) electrons. The van der Waals surface area contributed by atoms with Crippen LogP contribution < -0.4 is 0 Å². The summed E-state index contributed by atoms with van der Waals surface area (Å²) in [5, 5.41) is 11.6. The Balaban J connectivity index is 1.80. The molecule has 0 N–H and O–H groups in total. The van der Waals surface area contributed by atoms with Crippen molar-refractivity contribution in [3.05, 3.63) is 65.3 Å². The second kappa shape index (κ2) is 5.34. The van der Waals surface area contributed by atoms with Gasteiger partial charge in [0.1, 0.15) is 18.0 Å². The molecule has 0 amide bonds. The second-order valence-corrected chi connectivity index (χ2v) is 5.66. The van der Waals surface area contributed by atoms with E-state index in [0.29, 0.717) is 17.1 Å². The van der Waals surface area contributed by atoms with Crippen molar-refractivity contribution < 1.29 is 0 Å². The van der Waals surface area contributed by atoms with Gasteiger partial charge in [0, 0.05) is 30.5 Å². The molecule has 0 saturated carbocycles. The van der Waals surface area contributed by atoms with Gasteiger partial charge in [0.2, 0.25) is 0 Å². The molecule has 1 aromatic carbocycles. The molecule has 0 unspecified atom stereocenters. The summed E-state index contributed by atoms with van der Waals surface area (Å²) in [5.41, 5.74) is 3.31. The van der Waals surface area contributed by atoms with Crippen LogP contribution in [0.25, 0.3) is 21.9 Å². The summed E-state index contributed by atoms with van der Waals surface area (Å²) in [6.45, 7) is 0.609. The van der Waals surface area contributed by atoms with E-state index in [1.165, 1.54) is 6.33 Å². The number of nitrogens with zero attached hydrogens (tertiary/aromatic N) is 5. The van der Waals surface area contributed by atoms with Gasteiger partial charge in [-0.05, 0) is 23.8 Å². The largest absolute Gasteiger partial charge is 0.327 e. The van der Waals surface area contributed by atoms with Crippen molar-refractivity contribution in [1.29, 1.82) is 5.26 Å². The molecule has 5 nitrogen and oxygen atoms in total. The molecule has 6 heteroatoms. The fourth-order valence-electron chi connectivity index (χ4n) is 2.69. The van der Waals surface area contributed by atoms with Crippen LogP contribution in [0, 0.1) is 11.3 Å². The molecule has 0 saturated heterocycles. The molecule has 3 heterocycles. The van der Waals surface area contributed by atoms with Gasteiger partial charge in [-0.2, -0.15) is 5.26 Å². The van der Waals surface area contributed by atoms with E-state index < -0.39 is 0 Å². The third-order valence-corrected chi connectivity index (χ3v) is 3.93. The first kappa shape index (κ1) is 13.7. The minimum atomic E-state index is 0.575. The summed E-state index contributed by atoms with van der Waals surface area (Å²) in [6.07, 6.45) is 6.60. The molecule has 23 heavy (non-hydrogen) atoms. The van der Waals surface area contributed by atoms with E-state index >= 15 is 0 Å². The molecule has 110 valence electrons. The number of fused-ring (bicyclic) bond motifs is 2. The summed E-state index contributed by atoms with van der Waals surface area (Å²) in [6, 6.07) is 10.1. The first-order valence-electron chi connectivity index (χ1n) is 6.98. The molecule has 4 aromatic rings. The standard InChI is InChI=1S/C17H10ClN5/c18-14-4-12-3-11(1-2-16(12)21-6-14)8-23-9-13(5-19)15-7-20-10-22-17(15)23/h1-4,6-7,9-10H,8H2. The van der Waals surface area contributed by atoms with E-state index in [0.717, 1.165) is 27.5 Å². The molecule has 0 atom stereocenters. The van der Waals surface area contributed by atoms with E-state index in [1.54, 1.807) is 18.6 Å². The Kier molecular flexibility index (Phi) is 3.18. The van der Waals surface area contributed by atoms with Crippen molar-refractivity contribution in [2.24, 2.45) is 0 Å². The quantitative estimate of drug-likeness (QED) is 0.566. The SMILES string of the molecule is N#Cc1cn(Cc2ccc3ncc(Cl)cc3c2)c2ncncc12. The fraction of sp³-hybridized carbons (Fsp3) is 0.0588. The zero-order valence-corrected chi connectivity index (χ0v) is 12.7. The minimum absolute atomic E-state index is 0.575. The second-order valence-electron chi connectivity index (χ2n) is 5.22. The van der Waals surface area contributed by atoms with Crippen LogP contribution in [0.3, 0.4) is 0 Å². The number of rotatable bonds is 2. The summed E-state index contributed by atoms with van der Waals surface area (Å²) < 4.78 is 1.95. The maximum atomic E-state index is 9.25. The van der Waals surface area contributed by atoms with Gasteiger partial charge >= 0.3 is 0 Å². The Labute approximate surface area is 136 Å². The van der Waals surface area contributed by atoms with Gasteiger partial charge in [-0.1, -0.05) is 17.7 Å². The lowest BCUT2D eigenvalue weighted by molar-refractivity contribution is 0.823. The third-order valence-electron chi connectivity index (χ3n) is 3.72. The monoisotopic (exact) mass is 319 g/mol. The Morgan fingerprint density at radius 1 is 1.17 bits per heavy atom. The number of hydrogen-bond donors (Lipinski definition) is 0. The number of nitriles is 1. The summed E-state index contributed by atoms with van der Waals surface area (Å²) in [5.74, 6) is 0. The first-order chi connectivity index (χ1) is 11.2. The van der Waals surface area contributed by atoms with Crippen molar-refractivity contribution in [2.45, 2.75) is 6.54 Å². The Bertz CT molecular complexity index is 1080. The van der Waals surface area contributed by atoms with Gasteiger partial charge in [0.15, 0.2) is 0 Å². The van der Waals surface area contributed by atoms with Crippen LogP contribution in [0.2, 0.25) is 5.02 Å². The highest BCUT2D eigenvalue weighted by Crippen LogP contribution is 2.22. The number of benzene rings is 1. The van der Waals surface area contributed by atoms with E-state index in [9.17, 15) is 5.26 Å². The maximum Gasteiger partial charge on any atom is 0.144 e. The molecule has 3 aromatic heterocycles. The Morgan fingerprint density at radius 3 is 2.96 bits per heavy atom. The molecule has 0 aliphatic heterocycles. The van der Waals surface area contributed by atoms with Crippen molar-refractivity contribution in [3.8, 4) is 6.07 Å². The van der Waals surface area contributed by atoms with Gasteiger partial charge in [-0.3, -0.25) is 4.98 Å². The molecule has 0 aliphatic carbocycles. The number of halogens is 1. The van der Waals surface area contributed by atoms with E-state index in [-0.39, 0.29) is 0 Å². The lowest BCUT2D eigenvalue weighted by atomic mass is 10.1. The zero-order valence-electron chi connectivity index (χ0n) is 11.9. The summed E-state index contributed by atoms with van der Waals surface area (Å²) in [4.78, 5) is 12.6. The van der Waals surface area contributed by atoms with Gasteiger partial charge in [0.05, 0.1) is 21.5 Å². The summed E-state index contributed by atoms with van der Waals surface area (Å²) in [7, 11) is 0. The minimum Gasteiger partial charge on any atom is -0.327 e. The molecule has 0 fully saturated rings. The maximum absolute atomic E-state index is 9.25. The smallest absolute Gasteiger partial charge is 0.144 e. The van der Waals surface area contributed by atoms with Gasteiger partial charge in [-0.25, -0.2) is 9.97 Å². The number of pyridine rings is 1. The fourth-order valence-corrected chi connectivity index (χ4v) is 2.85. The topological polar surface area (TPSA) is 67.4 Å². The zero-order chi connectivity index (χ0) is 15.8. The van der Waals surface area contributed by atoms with Crippen molar-refractivity contribution in [2.75, 3.05) is 0 Å². The number of hydrogen-bond acceptors (Lipinski definition) is 4.